The molecule has 0 radical (unpaired) electrons. The van der Waals surface area contributed by atoms with E-state index in [0.717, 1.165) is 24.3 Å². The quantitative estimate of drug-likeness (QED) is 0.742. The van der Waals surface area contributed by atoms with Gasteiger partial charge in [0.25, 0.3) is 5.91 Å². The predicted molar refractivity (Wildman–Crippen MR) is 120 cm³/mol. The highest BCUT2D eigenvalue weighted by atomic mass is 35.5. The number of carbonyl (C=O) groups is 1. The molecule has 1 aromatic heterocycles. The van der Waals surface area contributed by atoms with E-state index >= 15 is 0 Å². The molecule has 1 saturated heterocycles. The smallest absolute Gasteiger partial charge is 0.271 e. The van der Waals surface area contributed by atoms with Crippen LogP contribution in [0.3, 0.4) is 0 Å². The second kappa shape index (κ2) is 9.50. The summed E-state index contributed by atoms with van der Waals surface area (Å²) in [6, 6.07) is 9.82. The van der Waals surface area contributed by atoms with E-state index in [4.69, 9.17) is 16.3 Å². The van der Waals surface area contributed by atoms with Crippen LogP contribution < -0.4 is 5.32 Å². The third kappa shape index (κ3) is 5.42. The molecule has 0 spiro atoms. The molecule has 0 saturated carbocycles. The molecule has 1 aliphatic rings. The molecule has 1 aromatic carbocycles. The Kier molecular flexibility index (Phi) is 7.22. The third-order valence-electron chi connectivity index (χ3n) is 5.39. The van der Waals surface area contributed by atoms with Crippen LogP contribution in [0, 0.1) is 0 Å². The molecule has 1 unspecified atom stereocenters. The standard InChI is InChI=1S/C23H33ClN4O2/c1-16(2)20-14-19(26-28(20)23(3,4)5)22(29)25-15-21(27-10-12-30-13-11-27)17-6-8-18(24)9-7-17/h6-9,14,16,21H,10-13,15H2,1-5H3,(H,25,29). The first-order chi connectivity index (χ1) is 14.2. The Hall–Kier alpha value is -1.89. The average molecular weight is 433 g/mol. The number of aromatic nitrogens is 2. The van der Waals surface area contributed by atoms with Gasteiger partial charge in [-0.1, -0.05) is 37.6 Å². The molecule has 1 N–H and O–H groups in total. The molecule has 3 rings (SSSR count). The molecule has 7 heteroatoms. The monoisotopic (exact) mass is 432 g/mol. The lowest BCUT2D eigenvalue weighted by Gasteiger charge is -2.34. The zero-order valence-corrected chi connectivity index (χ0v) is 19.4. The summed E-state index contributed by atoms with van der Waals surface area (Å²) in [6.07, 6.45) is 0. The number of amides is 1. The summed E-state index contributed by atoms with van der Waals surface area (Å²) < 4.78 is 7.47. The van der Waals surface area contributed by atoms with Crippen molar-refractivity contribution >= 4 is 17.5 Å². The van der Waals surface area contributed by atoms with Crippen LogP contribution >= 0.6 is 11.6 Å². The molecule has 1 amide bonds. The Labute approximate surface area is 184 Å². The van der Waals surface area contributed by atoms with Crippen molar-refractivity contribution in [1.82, 2.24) is 20.0 Å². The number of ether oxygens (including phenoxy) is 1. The van der Waals surface area contributed by atoms with Crippen molar-refractivity contribution in [1.29, 1.82) is 0 Å². The molecular weight excluding hydrogens is 400 g/mol. The molecule has 2 aromatic rings. The van der Waals surface area contributed by atoms with Gasteiger partial charge in [-0.15, -0.1) is 0 Å². The number of rotatable bonds is 6. The summed E-state index contributed by atoms with van der Waals surface area (Å²) in [7, 11) is 0. The van der Waals surface area contributed by atoms with Crippen molar-refractivity contribution in [2.75, 3.05) is 32.8 Å². The van der Waals surface area contributed by atoms with Gasteiger partial charge in [0.15, 0.2) is 0 Å². The highest BCUT2D eigenvalue weighted by Crippen LogP contribution is 2.25. The Morgan fingerprint density at radius 1 is 1.20 bits per heavy atom. The minimum atomic E-state index is -0.183. The lowest BCUT2D eigenvalue weighted by molar-refractivity contribution is 0.0162. The van der Waals surface area contributed by atoms with Gasteiger partial charge in [0.1, 0.15) is 5.69 Å². The Morgan fingerprint density at radius 2 is 1.83 bits per heavy atom. The van der Waals surface area contributed by atoms with Gasteiger partial charge in [-0.05, 0) is 50.5 Å². The van der Waals surface area contributed by atoms with Crippen molar-refractivity contribution in [3.8, 4) is 0 Å². The number of hydrogen-bond donors (Lipinski definition) is 1. The van der Waals surface area contributed by atoms with Crippen LogP contribution in [0.25, 0.3) is 0 Å². The molecule has 30 heavy (non-hydrogen) atoms. The maximum atomic E-state index is 13.0. The average Bonchev–Trinajstić information content (AvgIpc) is 3.17. The molecule has 0 bridgehead atoms. The minimum absolute atomic E-state index is 0.0596. The van der Waals surface area contributed by atoms with E-state index < -0.39 is 0 Å². The highest BCUT2D eigenvalue weighted by molar-refractivity contribution is 6.30. The molecular formula is C23H33ClN4O2. The second-order valence-electron chi connectivity index (χ2n) is 9.12. The summed E-state index contributed by atoms with van der Waals surface area (Å²) in [5, 5.41) is 8.45. The zero-order chi connectivity index (χ0) is 21.9. The predicted octanol–water partition coefficient (Wildman–Crippen LogP) is 4.22. The molecule has 2 heterocycles. The van der Waals surface area contributed by atoms with E-state index in [2.05, 4.69) is 49.9 Å². The summed E-state index contributed by atoms with van der Waals surface area (Å²) >= 11 is 6.08. The normalized spacial score (nSPS) is 16.6. The fourth-order valence-electron chi connectivity index (χ4n) is 3.77. The summed E-state index contributed by atoms with van der Waals surface area (Å²) in [5.41, 5.74) is 2.47. The summed E-state index contributed by atoms with van der Waals surface area (Å²) in [5.74, 6) is 0.139. The van der Waals surface area contributed by atoms with Gasteiger partial charge in [0.05, 0.1) is 24.8 Å². The van der Waals surface area contributed by atoms with Crippen molar-refractivity contribution < 1.29 is 9.53 Å². The Bertz CT molecular complexity index is 849. The zero-order valence-electron chi connectivity index (χ0n) is 18.6. The van der Waals surface area contributed by atoms with Crippen LogP contribution in [-0.4, -0.2) is 53.4 Å². The van der Waals surface area contributed by atoms with Gasteiger partial charge < -0.3 is 10.1 Å². The van der Waals surface area contributed by atoms with Crippen molar-refractivity contribution in [3.05, 3.63) is 52.3 Å². The number of nitrogens with zero attached hydrogens (tertiary/aromatic N) is 3. The lowest BCUT2D eigenvalue weighted by atomic mass is 10.0. The van der Waals surface area contributed by atoms with Gasteiger partial charge in [-0.25, -0.2) is 0 Å². The minimum Gasteiger partial charge on any atom is -0.379 e. The van der Waals surface area contributed by atoms with Crippen LogP contribution in [0.1, 0.15) is 68.3 Å². The number of morpholine rings is 1. The van der Waals surface area contributed by atoms with Crippen LogP contribution in [0.15, 0.2) is 30.3 Å². The number of benzene rings is 1. The first-order valence-electron chi connectivity index (χ1n) is 10.6. The van der Waals surface area contributed by atoms with Crippen molar-refractivity contribution in [3.63, 3.8) is 0 Å². The van der Waals surface area contributed by atoms with E-state index in [0.29, 0.717) is 30.5 Å². The number of halogens is 1. The van der Waals surface area contributed by atoms with Gasteiger partial charge in [0.2, 0.25) is 0 Å². The van der Waals surface area contributed by atoms with E-state index in [1.54, 1.807) is 0 Å². The fourth-order valence-corrected chi connectivity index (χ4v) is 3.89. The van der Waals surface area contributed by atoms with Gasteiger partial charge in [0, 0.05) is 30.4 Å². The fraction of sp³-hybridized carbons (Fsp3) is 0.565. The lowest BCUT2D eigenvalue weighted by Crippen LogP contribution is -2.43. The second-order valence-corrected chi connectivity index (χ2v) is 9.55. The van der Waals surface area contributed by atoms with Crippen LogP contribution in [0.4, 0.5) is 0 Å². The maximum Gasteiger partial charge on any atom is 0.271 e. The first-order valence-corrected chi connectivity index (χ1v) is 11.0. The Morgan fingerprint density at radius 3 is 2.37 bits per heavy atom. The van der Waals surface area contributed by atoms with E-state index in [1.165, 1.54) is 0 Å². The number of nitrogens with one attached hydrogen (secondary N) is 1. The van der Waals surface area contributed by atoms with Crippen LogP contribution in [0.2, 0.25) is 5.02 Å². The largest absolute Gasteiger partial charge is 0.379 e. The summed E-state index contributed by atoms with van der Waals surface area (Å²) in [4.78, 5) is 15.3. The molecule has 1 atom stereocenters. The molecule has 164 valence electrons. The number of carbonyl (C=O) groups excluding carboxylic acids is 1. The first kappa shape index (κ1) is 22.8. The van der Waals surface area contributed by atoms with E-state index in [9.17, 15) is 4.79 Å². The van der Waals surface area contributed by atoms with Gasteiger partial charge in [-0.3, -0.25) is 14.4 Å². The molecule has 1 aliphatic heterocycles. The van der Waals surface area contributed by atoms with Gasteiger partial charge in [-0.2, -0.15) is 5.10 Å². The maximum absolute atomic E-state index is 13.0. The molecule has 6 nitrogen and oxygen atoms in total. The van der Waals surface area contributed by atoms with Crippen molar-refractivity contribution in [2.45, 2.75) is 52.1 Å². The van der Waals surface area contributed by atoms with Crippen LogP contribution in [0.5, 0.6) is 0 Å². The topological polar surface area (TPSA) is 59.4 Å². The SMILES string of the molecule is CC(C)c1cc(C(=O)NCC(c2ccc(Cl)cc2)N2CCOCC2)nn1C(C)(C)C. The van der Waals surface area contributed by atoms with E-state index in [-0.39, 0.29) is 23.4 Å². The highest BCUT2D eigenvalue weighted by Gasteiger charge is 2.26. The molecule has 1 fully saturated rings. The third-order valence-corrected chi connectivity index (χ3v) is 5.65. The van der Waals surface area contributed by atoms with Crippen molar-refractivity contribution in [2.24, 2.45) is 0 Å². The molecule has 0 aliphatic carbocycles. The summed E-state index contributed by atoms with van der Waals surface area (Å²) in [6.45, 7) is 14.1. The Balaban J connectivity index is 1.78. The van der Waals surface area contributed by atoms with Crippen LogP contribution in [-0.2, 0) is 10.3 Å². The van der Waals surface area contributed by atoms with E-state index in [1.807, 2.05) is 35.0 Å². The van der Waals surface area contributed by atoms with Gasteiger partial charge >= 0.3 is 0 Å². The number of hydrogen-bond acceptors (Lipinski definition) is 4.